The number of carbonyl (C=O) groups excluding carboxylic acids is 1. The number of aryl methyl sites for hydroxylation is 1. The van der Waals surface area contributed by atoms with Gasteiger partial charge in [-0.25, -0.2) is 0 Å². The van der Waals surface area contributed by atoms with E-state index in [1.807, 2.05) is 86.6 Å². The summed E-state index contributed by atoms with van der Waals surface area (Å²) in [5, 5.41) is 11.5. The fourth-order valence-corrected chi connectivity index (χ4v) is 4.43. The number of nitrogens with zero attached hydrogens (tertiary/aromatic N) is 2. The highest BCUT2D eigenvalue weighted by Gasteiger charge is 2.47. The molecule has 0 spiro atoms. The van der Waals surface area contributed by atoms with Gasteiger partial charge in [-0.15, -0.1) is 0 Å². The summed E-state index contributed by atoms with van der Waals surface area (Å²) in [7, 11) is 0. The molecule has 1 unspecified atom stereocenters. The number of rotatable bonds is 2. The zero-order chi connectivity index (χ0) is 20.9. The van der Waals surface area contributed by atoms with Crippen LogP contribution in [-0.4, -0.2) is 10.4 Å². The van der Waals surface area contributed by atoms with E-state index in [1.54, 1.807) is 4.57 Å². The second kappa shape index (κ2) is 6.60. The lowest BCUT2D eigenvalue weighted by molar-refractivity contribution is 0.0426. The van der Waals surface area contributed by atoms with Crippen LogP contribution in [0.1, 0.15) is 40.7 Å². The Hall–Kier alpha value is -3.84. The molecule has 0 aliphatic carbocycles. The summed E-state index contributed by atoms with van der Waals surface area (Å²) in [6.07, 6.45) is 0.463. The van der Waals surface area contributed by atoms with Crippen molar-refractivity contribution >= 4 is 16.6 Å². The van der Waals surface area contributed by atoms with Crippen molar-refractivity contribution in [3.8, 4) is 17.5 Å². The molecular weight excluding hydrogens is 372 g/mol. The molecule has 146 valence electrons. The molecule has 0 radical (unpaired) electrons. The number of ketones is 1. The van der Waals surface area contributed by atoms with Gasteiger partial charge in [0.15, 0.2) is 5.60 Å². The molecule has 1 atom stereocenters. The van der Waals surface area contributed by atoms with Crippen LogP contribution in [0.15, 0.2) is 72.8 Å². The Bertz CT molecular complexity index is 1340. The van der Waals surface area contributed by atoms with Gasteiger partial charge in [-0.1, -0.05) is 73.2 Å². The maximum Gasteiger partial charge on any atom is 0.228 e. The number of Topliss-reactive ketones (excluding diaryl/α,β-unsaturated/α-hetero) is 1. The molecule has 4 nitrogen and oxygen atoms in total. The molecule has 1 aliphatic heterocycles. The van der Waals surface area contributed by atoms with Crippen molar-refractivity contribution in [2.75, 3.05) is 0 Å². The summed E-state index contributed by atoms with van der Waals surface area (Å²) in [4.78, 5) is 14.2. The van der Waals surface area contributed by atoms with Gasteiger partial charge < -0.3 is 4.74 Å². The lowest BCUT2D eigenvalue weighted by atomic mass is 9.84. The number of aromatic nitrogens is 1. The van der Waals surface area contributed by atoms with Crippen molar-refractivity contribution in [1.29, 1.82) is 5.26 Å². The van der Waals surface area contributed by atoms with Crippen molar-refractivity contribution in [3.63, 3.8) is 0 Å². The van der Waals surface area contributed by atoms with Gasteiger partial charge in [-0.2, -0.15) is 5.26 Å². The molecule has 4 aromatic rings. The fourth-order valence-electron chi connectivity index (χ4n) is 4.43. The van der Waals surface area contributed by atoms with Gasteiger partial charge in [0.25, 0.3) is 0 Å². The van der Waals surface area contributed by atoms with Crippen molar-refractivity contribution in [2.24, 2.45) is 0 Å². The number of benzene rings is 3. The van der Waals surface area contributed by atoms with Gasteiger partial charge in [-0.3, -0.25) is 9.36 Å². The van der Waals surface area contributed by atoms with Gasteiger partial charge in [0.1, 0.15) is 23.2 Å². The molecule has 3 aromatic carbocycles. The lowest BCUT2D eigenvalue weighted by Crippen LogP contribution is -2.41. The van der Waals surface area contributed by atoms with Crippen LogP contribution in [0.3, 0.4) is 0 Å². The molecule has 2 heterocycles. The number of hydrogen-bond acceptors (Lipinski definition) is 3. The monoisotopic (exact) mass is 392 g/mol. The number of carbonyl (C=O) groups is 1. The minimum absolute atomic E-state index is 0.136. The maximum atomic E-state index is 14.2. The molecule has 30 heavy (non-hydrogen) atoms. The third-order valence-corrected chi connectivity index (χ3v) is 5.98. The molecule has 0 N–H and O–H groups in total. The first kappa shape index (κ1) is 18.2. The van der Waals surface area contributed by atoms with Gasteiger partial charge in [0.2, 0.25) is 5.78 Å². The summed E-state index contributed by atoms with van der Waals surface area (Å²) in [6, 6.07) is 25.4. The summed E-state index contributed by atoms with van der Waals surface area (Å²) < 4.78 is 8.31. The Kier molecular flexibility index (Phi) is 4.01. The minimum Gasteiger partial charge on any atom is -0.472 e. The first-order valence-electron chi connectivity index (χ1n) is 10.0. The van der Waals surface area contributed by atoms with E-state index in [0.29, 0.717) is 29.2 Å². The van der Waals surface area contributed by atoms with Crippen molar-refractivity contribution in [2.45, 2.75) is 25.9 Å². The smallest absolute Gasteiger partial charge is 0.228 e. The molecule has 1 aromatic heterocycles. The van der Waals surface area contributed by atoms with Crippen molar-refractivity contribution in [3.05, 3.63) is 95.3 Å². The van der Waals surface area contributed by atoms with E-state index in [0.717, 1.165) is 21.9 Å². The number of nitriles is 1. The third kappa shape index (κ3) is 2.36. The van der Waals surface area contributed by atoms with E-state index >= 15 is 0 Å². The van der Waals surface area contributed by atoms with Crippen LogP contribution in [0.4, 0.5) is 0 Å². The maximum absolute atomic E-state index is 14.2. The molecule has 0 bridgehead atoms. The predicted octanol–water partition coefficient (Wildman–Crippen LogP) is 5.69. The van der Waals surface area contributed by atoms with E-state index in [9.17, 15) is 10.1 Å². The summed E-state index contributed by atoms with van der Waals surface area (Å²) in [5.74, 6) is 0.451. The van der Waals surface area contributed by atoms with Crippen LogP contribution in [0, 0.1) is 18.3 Å². The molecule has 0 fully saturated rings. The van der Waals surface area contributed by atoms with Gasteiger partial charge >= 0.3 is 0 Å². The van der Waals surface area contributed by atoms with Crippen LogP contribution in [0.25, 0.3) is 16.5 Å². The molecule has 0 amide bonds. The van der Waals surface area contributed by atoms with Crippen LogP contribution < -0.4 is 4.74 Å². The highest BCUT2D eigenvalue weighted by atomic mass is 16.5. The Morgan fingerprint density at radius 1 is 0.967 bits per heavy atom. The minimum atomic E-state index is -1.17. The standard InChI is InChI=1S/C26H20N2O2/c1-3-26(18-14-12-17(2)13-15-18)25(29)24-20-9-5-4-8-19(20)22(16-27)28(24)21-10-6-7-11-23(21)30-26/h4-15H,3H2,1-2H3. The number of fused-ring (bicyclic) bond motifs is 5. The normalized spacial score (nSPS) is 17.6. The van der Waals surface area contributed by atoms with E-state index in [4.69, 9.17) is 4.74 Å². The van der Waals surface area contributed by atoms with Crippen LogP contribution in [-0.2, 0) is 5.60 Å². The molecule has 1 aliphatic rings. The zero-order valence-electron chi connectivity index (χ0n) is 16.8. The highest BCUT2D eigenvalue weighted by molar-refractivity contribution is 6.14. The van der Waals surface area contributed by atoms with Gasteiger partial charge in [-0.05, 0) is 25.5 Å². The van der Waals surface area contributed by atoms with E-state index in [2.05, 4.69) is 6.07 Å². The van der Waals surface area contributed by atoms with Crippen molar-refractivity contribution in [1.82, 2.24) is 4.57 Å². The van der Waals surface area contributed by atoms with Crippen LogP contribution in [0.2, 0.25) is 0 Å². The van der Waals surface area contributed by atoms with E-state index in [1.165, 1.54) is 0 Å². The third-order valence-electron chi connectivity index (χ3n) is 5.98. The van der Waals surface area contributed by atoms with Crippen LogP contribution >= 0.6 is 0 Å². The zero-order valence-corrected chi connectivity index (χ0v) is 16.8. The molecular formula is C26H20N2O2. The SMILES string of the molecule is CCC1(c2ccc(C)cc2)Oc2ccccc2-n2c(C#N)c3ccccc3c2C1=O. The van der Waals surface area contributed by atoms with E-state index < -0.39 is 5.60 Å². The summed E-state index contributed by atoms with van der Waals surface area (Å²) in [5.41, 5.74) is 2.40. The average Bonchev–Trinajstić information content (AvgIpc) is 3.06. The predicted molar refractivity (Wildman–Crippen MR) is 116 cm³/mol. The average molecular weight is 392 g/mol. The second-order valence-corrected chi connectivity index (χ2v) is 7.64. The molecule has 4 heteroatoms. The quantitative estimate of drug-likeness (QED) is 0.440. The summed E-state index contributed by atoms with van der Waals surface area (Å²) >= 11 is 0. The topological polar surface area (TPSA) is 55.0 Å². The summed E-state index contributed by atoms with van der Waals surface area (Å²) in [6.45, 7) is 3.98. The van der Waals surface area contributed by atoms with E-state index in [-0.39, 0.29) is 5.78 Å². The number of ether oxygens (including phenoxy) is 1. The molecule has 0 saturated heterocycles. The lowest BCUT2D eigenvalue weighted by Gasteiger charge is -2.31. The van der Waals surface area contributed by atoms with Crippen molar-refractivity contribution < 1.29 is 9.53 Å². The first-order valence-corrected chi connectivity index (χ1v) is 10.0. The molecule has 5 rings (SSSR count). The Morgan fingerprint density at radius 2 is 1.63 bits per heavy atom. The second-order valence-electron chi connectivity index (χ2n) is 7.64. The number of hydrogen-bond donors (Lipinski definition) is 0. The fraction of sp³-hybridized carbons (Fsp3) is 0.154. The Morgan fingerprint density at radius 3 is 2.33 bits per heavy atom. The number of para-hydroxylation sites is 2. The first-order chi connectivity index (χ1) is 14.6. The Balaban J connectivity index is 1.93. The Labute approximate surface area is 174 Å². The highest BCUT2D eigenvalue weighted by Crippen LogP contribution is 2.44. The van der Waals surface area contributed by atoms with Gasteiger partial charge in [0.05, 0.1) is 5.69 Å². The molecule has 0 saturated carbocycles. The largest absolute Gasteiger partial charge is 0.472 e. The van der Waals surface area contributed by atoms with Crippen LogP contribution in [0.5, 0.6) is 5.75 Å². The van der Waals surface area contributed by atoms with Gasteiger partial charge in [0, 0.05) is 16.3 Å².